The summed E-state index contributed by atoms with van der Waals surface area (Å²) in [5.41, 5.74) is 4.45. The van der Waals surface area contributed by atoms with Crippen LogP contribution in [-0.2, 0) is 14.9 Å². The highest BCUT2D eigenvalue weighted by atomic mass is 16.6. The van der Waals surface area contributed by atoms with Crippen molar-refractivity contribution in [3.05, 3.63) is 99.6 Å². The fraction of sp³-hybridized carbons (Fsp3) is 0.286. The first kappa shape index (κ1) is 22.3. The molecule has 4 aliphatic rings. The summed E-state index contributed by atoms with van der Waals surface area (Å²) in [6.07, 6.45) is 0.920. The number of amides is 1. The number of rotatable bonds is 7. The molecule has 7 rings (SSSR count). The largest absolute Gasteiger partial charge is 0.480 e. The lowest BCUT2D eigenvalue weighted by Crippen LogP contribution is -2.73. The first-order valence-corrected chi connectivity index (χ1v) is 11.9. The first-order valence-electron chi connectivity index (χ1n) is 11.9. The molecule has 0 spiro atoms. The third kappa shape index (κ3) is 3.28. The van der Waals surface area contributed by atoms with Crippen LogP contribution in [0.3, 0.4) is 0 Å². The molecule has 0 radical (unpaired) electrons. The third-order valence-electron chi connectivity index (χ3n) is 8.21. The van der Waals surface area contributed by atoms with Gasteiger partial charge in [0, 0.05) is 23.5 Å². The Morgan fingerprint density at radius 1 is 1.00 bits per heavy atom. The van der Waals surface area contributed by atoms with Crippen LogP contribution in [-0.4, -0.2) is 34.7 Å². The second kappa shape index (κ2) is 7.91. The summed E-state index contributed by atoms with van der Waals surface area (Å²) in [4.78, 5) is 35.6. The number of aliphatic carboxylic acids is 1. The minimum Gasteiger partial charge on any atom is -0.480 e. The number of nitro benzene ring substituents is 1. The van der Waals surface area contributed by atoms with Crippen LogP contribution >= 0.6 is 0 Å². The van der Waals surface area contributed by atoms with Crippen molar-refractivity contribution in [1.82, 2.24) is 5.32 Å². The monoisotopic (exact) mass is 484 g/mol. The number of carbonyl (C=O) groups is 2. The van der Waals surface area contributed by atoms with Gasteiger partial charge in [0.2, 0.25) is 0 Å². The summed E-state index contributed by atoms with van der Waals surface area (Å²) in [6.45, 7) is 0.108. The molecule has 0 saturated heterocycles. The zero-order valence-electron chi connectivity index (χ0n) is 19.3. The number of carboxylic acids is 1. The molecule has 3 fully saturated rings. The number of hydrogen-bond acceptors (Lipinski definition) is 5. The highest BCUT2D eigenvalue weighted by Gasteiger charge is 2.72. The van der Waals surface area contributed by atoms with Gasteiger partial charge in [0.15, 0.2) is 0 Å². The van der Waals surface area contributed by atoms with Crippen LogP contribution in [0.25, 0.3) is 11.1 Å². The van der Waals surface area contributed by atoms with Gasteiger partial charge in [0.05, 0.1) is 4.92 Å². The van der Waals surface area contributed by atoms with Gasteiger partial charge < -0.3 is 15.2 Å². The van der Waals surface area contributed by atoms with Crippen LogP contribution in [0.5, 0.6) is 0 Å². The lowest BCUT2D eigenvalue weighted by atomic mass is 9.31. The fourth-order valence-corrected chi connectivity index (χ4v) is 6.66. The van der Waals surface area contributed by atoms with Crippen LogP contribution in [0, 0.1) is 15.5 Å². The van der Waals surface area contributed by atoms with E-state index in [1.54, 1.807) is 12.1 Å². The van der Waals surface area contributed by atoms with Crippen molar-refractivity contribution >= 4 is 17.7 Å². The molecular formula is C28H24N2O6. The number of non-ortho nitro benzene ring substituents is 1. The number of carboxylic acid groups (broad SMARTS) is 1. The van der Waals surface area contributed by atoms with E-state index in [1.807, 2.05) is 42.5 Å². The van der Waals surface area contributed by atoms with E-state index in [1.165, 1.54) is 6.07 Å². The molecule has 4 aliphatic carbocycles. The summed E-state index contributed by atoms with van der Waals surface area (Å²) in [6, 6.07) is 21.5. The van der Waals surface area contributed by atoms with Crippen LogP contribution in [0.15, 0.2) is 72.8 Å². The smallest absolute Gasteiger partial charge is 0.407 e. The number of alkyl carbamates (subject to hydrolysis) is 1. The summed E-state index contributed by atoms with van der Waals surface area (Å²) < 4.78 is 5.56. The molecule has 8 nitrogen and oxygen atoms in total. The first-order chi connectivity index (χ1) is 17.3. The van der Waals surface area contributed by atoms with Crippen molar-refractivity contribution in [2.24, 2.45) is 5.41 Å². The average molecular weight is 485 g/mol. The number of carbonyl (C=O) groups excluding carboxylic acids is 1. The van der Waals surface area contributed by atoms with E-state index < -0.39 is 28.4 Å². The zero-order chi connectivity index (χ0) is 25.1. The molecule has 2 N–H and O–H groups in total. The number of fused-ring (bicyclic) bond motifs is 3. The van der Waals surface area contributed by atoms with Crippen molar-refractivity contribution in [2.75, 3.05) is 6.61 Å². The summed E-state index contributed by atoms with van der Waals surface area (Å²) >= 11 is 0. The van der Waals surface area contributed by atoms with Gasteiger partial charge in [-0.05, 0) is 52.5 Å². The average Bonchev–Trinajstić information content (AvgIpc) is 3.14. The van der Waals surface area contributed by atoms with Gasteiger partial charge in [-0.3, -0.25) is 10.1 Å². The number of nitro groups is 1. The van der Waals surface area contributed by atoms with Crippen LogP contribution in [0.4, 0.5) is 10.5 Å². The topological polar surface area (TPSA) is 119 Å². The quantitative estimate of drug-likeness (QED) is 0.360. The Kier molecular flexibility index (Phi) is 4.90. The highest BCUT2D eigenvalue weighted by Crippen LogP contribution is 2.75. The van der Waals surface area contributed by atoms with Crippen LogP contribution in [0.2, 0.25) is 0 Å². The van der Waals surface area contributed by atoms with E-state index in [4.69, 9.17) is 4.74 Å². The molecule has 1 unspecified atom stereocenters. The third-order valence-corrected chi connectivity index (χ3v) is 8.21. The van der Waals surface area contributed by atoms with Crippen LogP contribution < -0.4 is 5.32 Å². The van der Waals surface area contributed by atoms with Crippen LogP contribution in [0.1, 0.15) is 41.9 Å². The number of nitrogens with zero attached hydrogens (tertiary/aromatic N) is 1. The Balaban J connectivity index is 1.12. The van der Waals surface area contributed by atoms with E-state index in [9.17, 15) is 24.8 Å². The maximum absolute atomic E-state index is 12.7. The second-order valence-electron chi connectivity index (χ2n) is 10.2. The van der Waals surface area contributed by atoms with Gasteiger partial charge in [-0.1, -0.05) is 60.7 Å². The molecule has 3 aromatic rings. The maximum atomic E-state index is 12.7. The fourth-order valence-electron chi connectivity index (χ4n) is 6.66. The van der Waals surface area contributed by atoms with E-state index in [0.29, 0.717) is 19.3 Å². The Morgan fingerprint density at radius 2 is 1.61 bits per heavy atom. The van der Waals surface area contributed by atoms with Crippen molar-refractivity contribution in [1.29, 1.82) is 0 Å². The summed E-state index contributed by atoms with van der Waals surface area (Å²) in [7, 11) is 0. The minimum atomic E-state index is -1.10. The molecule has 0 aliphatic heterocycles. The van der Waals surface area contributed by atoms with Gasteiger partial charge in [0.25, 0.3) is 5.69 Å². The standard InChI is InChI=1S/C28H24N2O6/c31-25(32)24(28-14-27(15-28,16-28)17-6-5-7-18(12-17)30(34)35)29-26(33)36-13-23-21-10-3-1-8-19(21)20-9-2-4-11-22(20)23/h1-12,23-24H,13-16H2,(H,29,33)(H,31,32). The molecule has 1 amide bonds. The van der Waals surface area contributed by atoms with Crippen molar-refractivity contribution in [2.45, 2.75) is 36.6 Å². The molecule has 1 atom stereocenters. The minimum absolute atomic E-state index is 0.0258. The summed E-state index contributed by atoms with van der Waals surface area (Å²) in [5.74, 6) is -1.21. The number of ether oxygens (including phenoxy) is 1. The van der Waals surface area contributed by atoms with E-state index >= 15 is 0 Å². The van der Waals surface area contributed by atoms with Crippen molar-refractivity contribution < 1.29 is 24.4 Å². The Morgan fingerprint density at radius 3 is 2.19 bits per heavy atom. The normalized spacial score (nSPS) is 23.9. The van der Waals surface area contributed by atoms with E-state index in [0.717, 1.165) is 27.8 Å². The molecule has 3 saturated carbocycles. The lowest BCUT2D eigenvalue weighted by molar-refractivity contribution is -0.385. The molecule has 0 aromatic heterocycles. The Labute approximate surface area is 207 Å². The summed E-state index contributed by atoms with van der Waals surface area (Å²) in [5, 5.41) is 23.6. The van der Waals surface area contributed by atoms with Gasteiger partial charge in [-0.2, -0.15) is 0 Å². The van der Waals surface area contributed by atoms with E-state index in [2.05, 4.69) is 17.4 Å². The Bertz CT molecular complexity index is 1350. The molecule has 36 heavy (non-hydrogen) atoms. The molecular weight excluding hydrogens is 460 g/mol. The van der Waals surface area contributed by atoms with Crippen molar-refractivity contribution in [3.8, 4) is 11.1 Å². The molecule has 182 valence electrons. The predicted molar refractivity (Wildman–Crippen MR) is 131 cm³/mol. The van der Waals surface area contributed by atoms with E-state index in [-0.39, 0.29) is 23.6 Å². The number of nitrogens with one attached hydrogen (secondary N) is 1. The zero-order valence-corrected chi connectivity index (χ0v) is 19.3. The number of hydrogen-bond donors (Lipinski definition) is 2. The van der Waals surface area contributed by atoms with Gasteiger partial charge >= 0.3 is 12.1 Å². The molecule has 0 heterocycles. The predicted octanol–water partition coefficient (Wildman–Crippen LogP) is 5.01. The SMILES string of the molecule is O=C(NC(C(=O)O)C12CC(c3cccc([N+](=O)[O-])c3)(C1)C2)OCC1c2ccccc2-c2ccccc21. The molecule has 2 bridgehead atoms. The van der Waals surface area contributed by atoms with Gasteiger partial charge in [0.1, 0.15) is 12.6 Å². The number of benzene rings is 3. The van der Waals surface area contributed by atoms with Gasteiger partial charge in [-0.15, -0.1) is 0 Å². The van der Waals surface area contributed by atoms with Gasteiger partial charge in [-0.25, -0.2) is 9.59 Å². The second-order valence-corrected chi connectivity index (χ2v) is 10.2. The van der Waals surface area contributed by atoms with Crippen molar-refractivity contribution in [3.63, 3.8) is 0 Å². The lowest BCUT2D eigenvalue weighted by Gasteiger charge is -2.72. The molecule has 8 heteroatoms. The highest BCUT2D eigenvalue weighted by molar-refractivity contribution is 5.82. The molecule has 3 aromatic carbocycles. The Hall–Kier alpha value is -4.20. The maximum Gasteiger partial charge on any atom is 0.407 e.